The van der Waals surface area contributed by atoms with E-state index < -0.39 is 5.91 Å². The van der Waals surface area contributed by atoms with Crippen molar-refractivity contribution in [2.45, 2.75) is 57.0 Å². The predicted octanol–water partition coefficient (Wildman–Crippen LogP) is 2.35. The van der Waals surface area contributed by atoms with Gasteiger partial charge in [-0.1, -0.05) is 19.3 Å². The summed E-state index contributed by atoms with van der Waals surface area (Å²) in [6.07, 6.45) is 11.0. The summed E-state index contributed by atoms with van der Waals surface area (Å²) in [4.78, 5) is 48.2. The highest BCUT2D eigenvalue weighted by molar-refractivity contribution is 6.02. The van der Waals surface area contributed by atoms with Crippen LogP contribution in [0.5, 0.6) is 0 Å². The van der Waals surface area contributed by atoms with Gasteiger partial charge in [0.05, 0.1) is 6.20 Å². The summed E-state index contributed by atoms with van der Waals surface area (Å²) in [7, 11) is 0. The molecule has 1 aliphatic carbocycles. The van der Waals surface area contributed by atoms with E-state index in [2.05, 4.69) is 20.6 Å². The smallest absolute Gasteiger partial charge is 0.317 e. The van der Waals surface area contributed by atoms with E-state index in [-0.39, 0.29) is 40.8 Å². The van der Waals surface area contributed by atoms with Crippen LogP contribution in [0.4, 0.5) is 10.5 Å². The third-order valence-corrected chi connectivity index (χ3v) is 6.87. The number of nitrogens with one attached hydrogen (secondary N) is 2. The second-order valence-electron chi connectivity index (χ2n) is 9.12. The van der Waals surface area contributed by atoms with E-state index in [1.54, 1.807) is 10.6 Å². The van der Waals surface area contributed by atoms with E-state index in [4.69, 9.17) is 0 Å². The predicted molar refractivity (Wildman–Crippen MR) is 119 cm³/mol. The van der Waals surface area contributed by atoms with E-state index in [1.807, 2.05) is 11.0 Å². The van der Waals surface area contributed by atoms with Crippen LogP contribution in [0.3, 0.4) is 0 Å². The molecular weight excluding hydrogens is 408 g/mol. The summed E-state index contributed by atoms with van der Waals surface area (Å²) in [5.41, 5.74) is 1.11. The topological polar surface area (TPSA) is 109 Å². The number of likely N-dealkylation sites (tertiary alicyclic amines) is 1. The molecular formula is C23H28N6O3. The first-order valence-electron chi connectivity index (χ1n) is 11.4. The van der Waals surface area contributed by atoms with Crippen molar-refractivity contribution >= 4 is 17.6 Å². The van der Waals surface area contributed by atoms with Crippen molar-refractivity contribution < 1.29 is 9.59 Å². The molecule has 0 unspecified atom stereocenters. The maximum Gasteiger partial charge on any atom is 0.317 e. The summed E-state index contributed by atoms with van der Waals surface area (Å²) in [6.45, 7) is 1.81. The van der Waals surface area contributed by atoms with E-state index in [9.17, 15) is 14.4 Å². The highest BCUT2D eigenvalue weighted by Gasteiger charge is 2.37. The number of nitrogens with zero attached hydrogens (tertiary/aromatic N) is 4. The molecule has 5 rings (SSSR count). The molecule has 32 heavy (non-hydrogen) atoms. The van der Waals surface area contributed by atoms with Crippen LogP contribution in [-0.4, -0.2) is 50.5 Å². The Bertz CT molecular complexity index is 1060. The van der Waals surface area contributed by atoms with E-state index in [1.165, 1.54) is 37.9 Å². The Balaban J connectivity index is 1.30. The Morgan fingerprint density at radius 1 is 1.03 bits per heavy atom. The maximum atomic E-state index is 13.1. The number of aromatic nitrogens is 3. The van der Waals surface area contributed by atoms with Gasteiger partial charge in [-0.2, -0.15) is 0 Å². The first kappa shape index (κ1) is 20.7. The lowest BCUT2D eigenvalue weighted by atomic mass is 9.83. The number of fused-ring (bicyclic) bond motifs is 4. The number of carbonyl (C=O) groups excluding carboxylic acids is 2. The standard InChI is InChI=1S/C23H28N6O3/c30-21(19-11-24-8-9-25-19)27-18-6-7-20-16-10-15(13-29(20)22(18)31)12-28(14-16)23(32)26-17-4-2-1-3-5-17/h6-9,11,15-17H,1-5,10,12-14H2,(H,26,32)(H,27,30)/t15-,16+/m0/s1. The van der Waals surface area contributed by atoms with Gasteiger partial charge in [0, 0.05) is 49.7 Å². The lowest BCUT2D eigenvalue weighted by molar-refractivity contribution is 0.102. The number of carbonyl (C=O) groups is 2. The first-order valence-corrected chi connectivity index (χ1v) is 11.4. The third kappa shape index (κ3) is 4.11. The molecule has 2 aromatic rings. The van der Waals surface area contributed by atoms with Crippen molar-refractivity contribution in [1.82, 2.24) is 24.8 Å². The number of anilines is 1. The SMILES string of the molecule is O=C(Nc1ccc2n(c1=O)C[C@H]1C[C@@H]2CN(C(=O)NC2CCCCC2)C1)c1cnccn1. The van der Waals surface area contributed by atoms with Crippen LogP contribution < -0.4 is 16.2 Å². The van der Waals surface area contributed by atoms with Gasteiger partial charge >= 0.3 is 6.03 Å². The molecule has 2 fully saturated rings. The van der Waals surface area contributed by atoms with Crippen molar-refractivity contribution in [1.29, 1.82) is 0 Å². The fourth-order valence-corrected chi connectivity index (χ4v) is 5.32. The van der Waals surface area contributed by atoms with Gasteiger partial charge in [0.1, 0.15) is 11.4 Å². The van der Waals surface area contributed by atoms with Gasteiger partial charge in [0.25, 0.3) is 11.5 Å². The van der Waals surface area contributed by atoms with Crippen LogP contribution in [0.2, 0.25) is 0 Å². The fourth-order valence-electron chi connectivity index (χ4n) is 5.32. The minimum atomic E-state index is -0.461. The Morgan fingerprint density at radius 2 is 1.88 bits per heavy atom. The monoisotopic (exact) mass is 436 g/mol. The lowest BCUT2D eigenvalue weighted by Gasteiger charge is -2.43. The zero-order valence-corrected chi connectivity index (χ0v) is 18.0. The minimum Gasteiger partial charge on any atom is -0.335 e. The molecule has 9 heteroatoms. The number of amides is 3. The summed E-state index contributed by atoms with van der Waals surface area (Å²) >= 11 is 0. The highest BCUT2D eigenvalue weighted by Crippen LogP contribution is 2.35. The summed E-state index contributed by atoms with van der Waals surface area (Å²) in [6, 6.07) is 3.87. The average molecular weight is 437 g/mol. The lowest BCUT2D eigenvalue weighted by Crippen LogP contribution is -2.53. The van der Waals surface area contributed by atoms with Gasteiger partial charge in [-0.3, -0.25) is 14.6 Å². The number of hydrogen-bond donors (Lipinski definition) is 2. The summed E-state index contributed by atoms with van der Waals surface area (Å²) in [5, 5.41) is 5.88. The van der Waals surface area contributed by atoms with Crippen LogP contribution in [0.15, 0.2) is 35.5 Å². The molecule has 2 N–H and O–H groups in total. The molecule has 0 aromatic carbocycles. The second kappa shape index (κ2) is 8.72. The molecule has 0 radical (unpaired) electrons. The third-order valence-electron chi connectivity index (χ3n) is 6.87. The molecule has 9 nitrogen and oxygen atoms in total. The molecule has 168 valence electrons. The largest absolute Gasteiger partial charge is 0.335 e. The zero-order chi connectivity index (χ0) is 22.1. The number of pyridine rings is 1. The van der Waals surface area contributed by atoms with E-state index in [0.29, 0.717) is 19.6 Å². The number of hydrogen-bond acceptors (Lipinski definition) is 5. The van der Waals surface area contributed by atoms with Crippen molar-refractivity contribution in [3.63, 3.8) is 0 Å². The van der Waals surface area contributed by atoms with Gasteiger partial charge in [-0.15, -0.1) is 0 Å². The Hall–Kier alpha value is -3.23. The van der Waals surface area contributed by atoms with Crippen molar-refractivity contribution in [2.24, 2.45) is 5.92 Å². The summed E-state index contributed by atoms with van der Waals surface area (Å²) in [5.74, 6) is -0.114. The molecule has 1 saturated carbocycles. The number of piperidine rings is 1. The molecule has 4 heterocycles. The molecule has 3 aliphatic rings. The van der Waals surface area contributed by atoms with Crippen molar-refractivity contribution in [3.05, 3.63) is 52.5 Å². The van der Waals surface area contributed by atoms with E-state index >= 15 is 0 Å². The molecule has 2 aromatic heterocycles. The number of rotatable bonds is 3. The average Bonchev–Trinajstić information content (AvgIpc) is 2.82. The van der Waals surface area contributed by atoms with Gasteiger partial charge in [-0.25, -0.2) is 9.78 Å². The van der Waals surface area contributed by atoms with Gasteiger partial charge in [0.2, 0.25) is 0 Å². The normalized spacial score (nSPS) is 22.7. The van der Waals surface area contributed by atoms with Crippen LogP contribution in [-0.2, 0) is 6.54 Å². The zero-order valence-electron chi connectivity index (χ0n) is 18.0. The highest BCUT2D eigenvalue weighted by atomic mass is 16.2. The minimum absolute atomic E-state index is 0.0234. The van der Waals surface area contributed by atoms with Crippen molar-refractivity contribution in [2.75, 3.05) is 18.4 Å². The molecule has 0 spiro atoms. The molecule has 3 amide bonds. The molecule has 2 bridgehead atoms. The quantitative estimate of drug-likeness (QED) is 0.768. The Kier molecular flexibility index (Phi) is 5.63. The van der Waals surface area contributed by atoms with Crippen LogP contribution >= 0.6 is 0 Å². The molecule has 2 atom stereocenters. The number of urea groups is 1. The maximum absolute atomic E-state index is 13.1. The Labute approximate surface area is 186 Å². The fraction of sp³-hybridized carbons (Fsp3) is 0.522. The first-order chi connectivity index (χ1) is 15.6. The van der Waals surface area contributed by atoms with Crippen LogP contribution in [0.25, 0.3) is 0 Å². The van der Waals surface area contributed by atoms with Gasteiger partial charge < -0.3 is 20.1 Å². The molecule has 2 aliphatic heterocycles. The second-order valence-corrected chi connectivity index (χ2v) is 9.12. The van der Waals surface area contributed by atoms with Gasteiger partial charge in [-0.05, 0) is 37.3 Å². The van der Waals surface area contributed by atoms with Gasteiger partial charge in [0.15, 0.2) is 0 Å². The van der Waals surface area contributed by atoms with E-state index in [0.717, 1.165) is 25.0 Å². The molecule has 1 saturated heterocycles. The summed E-state index contributed by atoms with van der Waals surface area (Å²) < 4.78 is 1.77. The Morgan fingerprint density at radius 3 is 2.66 bits per heavy atom. The van der Waals surface area contributed by atoms with Crippen LogP contribution in [0.1, 0.15) is 60.6 Å². The van der Waals surface area contributed by atoms with Crippen LogP contribution in [0, 0.1) is 5.92 Å². The van der Waals surface area contributed by atoms with Crippen molar-refractivity contribution in [3.8, 4) is 0 Å².